The van der Waals surface area contributed by atoms with E-state index in [1.807, 2.05) is 32.9 Å². The highest BCUT2D eigenvalue weighted by Gasteiger charge is 2.36. The molecule has 36 heavy (non-hydrogen) atoms. The minimum Gasteiger partial charge on any atom is -0.468 e. The van der Waals surface area contributed by atoms with Crippen LogP contribution in [0.4, 0.5) is 4.79 Å². The topological polar surface area (TPSA) is 134 Å². The Kier molecular flexibility index (Phi) is 12.4. The SMILES string of the molecule is CCc1ccc(C(C(=O)NCC(=O)OC)N(CCO)C(=O)C(CC(C)C)NC(=O)OC(C)(C)C)cc1. The third-order valence-corrected chi connectivity index (χ3v) is 5.22. The highest BCUT2D eigenvalue weighted by molar-refractivity contribution is 5.93. The number of esters is 1. The summed E-state index contributed by atoms with van der Waals surface area (Å²) in [6.07, 6.45) is 0.310. The Hall–Kier alpha value is -3.14. The van der Waals surface area contributed by atoms with Crippen molar-refractivity contribution in [3.63, 3.8) is 0 Å². The number of hydrogen-bond donors (Lipinski definition) is 3. The first-order valence-electron chi connectivity index (χ1n) is 12.2. The van der Waals surface area contributed by atoms with Crippen molar-refractivity contribution in [3.05, 3.63) is 35.4 Å². The molecule has 0 bridgehead atoms. The van der Waals surface area contributed by atoms with E-state index in [9.17, 15) is 24.3 Å². The summed E-state index contributed by atoms with van der Waals surface area (Å²) in [4.78, 5) is 52.4. The average molecular weight is 508 g/mol. The van der Waals surface area contributed by atoms with Gasteiger partial charge in [0.1, 0.15) is 24.2 Å². The van der Waals surface area contributed by atoms with Crippen molar-refractivity contribution in [3.8, 4) is 0 Å². The number of benzene rings is 1. The largest absolute Gasteiger partial charge is 0.468 e. The van der Waals surface area contributed by atoms with Gasteiger partial charge in [-0.2, -0.15) is 0 Å². The van der Waals surface area contributed by atoms with Crippen molar-refractivity contribution in [2.45, 2.75) is 72.1 Å². The molecule has 202 valence electrons. The molecular weight excluding hydrogens is 466 g/mol. The molecule has 0 aliphatic rings. The van der Waals surface area contributed by atoms with E-state index < -0.39 is 48.2 Å². The molecule has 2 atom stereocenters. The van der Waals surface area contributed by atoms with Gasteiger partial charge in [-0.3, -0.25) is 14.4 Å². The molecule has 0 fully saturated rings. The van der Waals surface area contributed by atoms with E-state index in [2.05, 4.69) is 15.4 Å². The summed E-state index contributed by atoms with van der Waals surface area (Å²) in [5, 5.41) is 14.9. The van der Waals surface area contributed by atoms with Crippen LogP contribution in [0.15, 0.2) is 24.3 Å². The summed E-state index contributed by atoms with van der Waals surface area (Å²) < 4.78 is 9.94. The van der Waals surface area contributed by atoms with Gasteiger partial charge in [-0.05, 0) is 50.7 Å². The number of carbonyl (C=O) groups excluding carboxylic acids is 4. The predicted octanol–water partition coefficient (Wildman–Crippen LogP) is 2.34. The van der Waals surface area contributed by atoms with Crippen molar-refractivity contribution in [1.29, 1.82) is 0 Å². The van der Waals surface area contributed by atoms with Crippen LogP contribution in [0.25, 0.3) is 0 Å². The van der Waals surface area contributed by atoms with Crippen LogP contribution in [0.2, 0.25) is 0 Å². The van der Waals surface area contributed by atoms with Gasteiger partial charge in [0.2, 0.25) is 11.8 Å². The Morgan fingerprint density at radius 2 is 1.69 bits per heavy atom. The van der Waals surface area contributed by atoms with Crippen LogP contribution in [0.3, 0.4) is 0 Å². The van der Waals surface area contributed by atoms with Gasteiger partial charge in [-0.15, -0.1) is 0 Å². The van der Waals surface area contributed by atoms with Crippen LogP contribution >= 0.6 is 0 Å². The lowest BCUT2D eigenvalue weighted by atomic mass is 9.98. The molecule has 1 aromatic carbocycles. The van der Waals surface area contributed by atoms with Crippen molar-refractivity contribution in [1.82, 2.24) is 15.5 Å². The number of rotatable bonds is 12. The van der Waals surface area contributed by atoms with E-state index in [0.29, 0.717) is 5.56 Å². The number of methoxy groups -OCH3 is 1. The zero-order chi connectivity index (χ0) is 27.5. The summed E-state index contributed by atoms with van der Waals surface area (Å²) >= 11 is 0. The first kappa shape index (κ1) is 30.9. The highest BCUT2D eigenvalue weighted by atomic mass is 16.6. The Labute approximate surface area is 213 Å². The Bertz CT molecular complexity index is 879. The number of amides is 3. The van der Waals surface area contributed by atoms with Gasteiger partial charge in [-0.25, -0.2) is 4.79 Å². The Morgan fingerprint density at radius 3 is 2.17 bits per heavy atom. The molecule has 1 aromatic rings. The second-order valence-electron chi connectivity index (χ2n) is 9.88. The molecule has 0 spiro atoms. The van der Waals surface area contributed by atoms with E-state index in [1.54, 1.807) is 32.9 Å². The van der Waals surface area contributed by atoms with E-state index in [0.717, 1.165) is 12.0 Å². The van der Waals surface area contributed by atoms with Crippen LogP contribution in [0, 0.1) is 5.92 Å². The molecule has 0 aliphatic heterocycles. The summed E-state index contributed by atoms with van der Waals surface area (Å²) in [6.45, 7) is 9.97. The standard InChI is InChI=1S/C26H41N3O7/c1-8-18-9-11-19(12-10-18)22(23(32)27-16-21(31)35-7)29(13-14-30)24(33)20(15-17(2)3)28-25(34)36-26(4,5)6/h9-12,17,20,22,30H,8,13-16H2,1-7H3,(H,27,32)(H,28,34). The molecule has 0 radical (unpaired) electrons. The van der Waals surface area contributed by atoms with Crippen LogP contribution in [-0.2, 0) is 30.3 Å². The summed E-state index contributed by atoms with van der Waals surface area (Å²) in [5.74, 6) is -1.79. The fraction of sp³-hybridized carbons (Fsp3) is 0.615. The van der Waals surface area contributed by atoms with Crippen molar-refractivity contribution in [2.75, 3.05) is 26.8 Å². The maximum Gasteiger partial charge on any atom is 0.408 e. The highest BCUT2D eigenvalue weighted by Crippen LogP contribution is 2.24. The lowest BCUT2D eigenvalue weighted by Gasteiger charge is -2.34. The molecule has 0 aliphatic carbocycles. The Morgan fingerprint density at radius 1 is 1.08 bits per heavy atom. The summed E-state index contributed by atoms with van der Waals surface area (Å²) in [6, 6.07) is 5.01. The maximum atomic E-state index is 13.8. The number of aliphatic hydroxyl groups excluding tert-OH is 1. The van der Waals surface area contributed by atoms with Crippen LogP contribution in [0.5, 0.6) is 0 Å². The van der Waals surface area contributed by atoms with E-state index in [-0.39, 0.29) is 25.4 Å². The van der Waals surface area contributed by atoms with Gasteiger partial charge in [0.15, 0.2) is 0 Å². The molecule has 10 nitrogen and oxygen atoms in total. The molecule has 0 saturated heterocycles. The van der Waals surface area contributed by atoms with E-state index in [4.69, 9.17) is 4.74 Å². The van der Waals surface area contributed by atoms with E-state index in [1.165, 1.54) is 12.0 Å². The minimum absolute atomic E-state index is 0.0281. The molecule has 0 saturated carbocycles. The molecular formula is C26H41N3O7. The van der Waals surface area contributed by atoms with Gasteiger partial charge in [0.25, 0.3) is 0 Å². The number of aryl methyl sites for hydroxylation is 1. The summed E-state index contributed by atoms with van der Waals surface area (Å²) in [5.41, 5.74) is 0.770. The van der Waals surface area contributed by atoms with Crippen molar-refractivity contribution < 1.29 is 33.8 Å². The first-order chi connectivity index (χ1) is 16.8. The van der Waals surface area contributed by atoms with Gasteiger partial charge in [0.05, 0.1) is 13.7 Å². The number of nitrogens with one attached hydrogen (secondary N) is 2. The van der Waals surface area contributed by atoms with Gasteiger partial charge < -0.3 is 30.1 Å². The number of alkyl carbamates (subject to hydrolysis) is 1. The number of carbonyl (C=O) groups is 4. The third-order valence-electron chi connectivity index (χ3n) is 5.22. The molecule has 2 unspecified atom stereocenters. The van der Waals surface area contributed by atoms with Gasteiger partial charge in [-0.1, -0.05) is 45.0 Å². The first-order valence-corrected chi connectivity index (χ1v) is 12.2. The molecule has 1 rings (SSSR count). The fourth-order valence-electron chi connectivity index (χ4n) is 3.55. The quantitative estimate of drug-likeness (QED) is 0.370. The molecule has 3 amide bonds. The third kappa shape index (κ3) is 10.2. The van der Waals surface area contributed by atoms with Crippen LogP contribution < -0.4 is 10.6 Å². The maximum absolute atomic E-state index is 13.8. The number of ether oxygens (including phenoxy) is 2. The zero-order valence-electron chi connectivity index (χ0n) is 22.4. The normalized spacial score (nSPS) is 12.9. The lowest BCUT2D eigenvalue weighted by Crippen LogP contribution is -2.54. The summed E-state index contributed by atoms with van der Waals surface area (Å²) in [7, 11) is 1.20. The van der Waals surface area contributed by atoms with Crippen LogP contribution in [-0.4, -0.2) is 72.3 Å². The second-order valence-corrected chi connectivity index (χ2v) is 9.88. The number of nitrogens with zero attached hydrogens (tertiary/aromatic N) is 1. The van der Waals surface area contributed by atoms with Gasteiger partial charge >= 0.3 is 12.1 Å². The number of aliphatic hydroxyl groups is 1. The lowest BCUT2D eigenvalue weighted by molar-refractivity contribution is -0.145. The zero-order valence-corrected chi connectivity index (χ0v) is 22.4. The molecule has 3 N–H and O–H groups in total. The predicted molar refractivity (Wildman–Crippen MR) is 135 cm³/mol. The Balaban J connectivity index is 3.42. The van der Waals surface area contributed by atoms with Gasteiger partial charge in [0, 0.05) is 6.54 Å². The fourth-order valence-corrected chi connectivity index (χ4v) is 3.55. The minimum atomic E-state index is -1.16. The monoisotopic (exact) mass is 507 g/mol. The van der Waals surface area contributed by atoms with Crippen molar-refractivity contribution >= 4 is 23.9 Å². The second kappa shape index (κ2) is 14.4. The number of hydrogen-bond acceptors (Lipinski definition) is 7. The average Bonchev–Trinajstić information content (AvgIpc) is 2.80. The van der Waals surface area contributed by atoms with Crippen molar-refractivity contribution in [2.24, 2.45) is 5.92 Å². The molecule has 0 aromatic heterocycles. The van der Waals surface area contributed by atoms with Crippen LogP contribution in [0.1, 0.15) is 65.1 Å². The van der Waals surface area contributed by atoms with E-state index >= 15 is 0 Å². The molecule has 10 heteroatoms. The molecule has 0 heterocycles. The smallest absolute Gasteiger partial charge is 0.408 e.